The summed E-state index contributed by atoms with van der Waals surface area (Å²) in [7, 11) is 1.72. The number of benzene rings is 2. The maximum Gasteiger partial charge on any atom is 0.269 e. The minimum absolute atomic E-state index is 0.117. The summed E-state index contributed by atoms with van der Waals surface area (Å²) in [5.74, 6) is -0.121. The Balaban J connectivity index is 0.000000363. The quantitative estimate of drug-likeness (QED) is 0.199. The summed E-state index contributed by atoms with van der Waals surface area (Å²) in [5, 5.41) is 9.43. The van der Waals surface area contributed by atoms with Gasteiger partial charge < -0.3 is 21.7 Å². The number of nitrogens with zero attached hydrogens (tertiary/aromatic N) is 1. The van der Waals surface area contributed by atoms with Crippen molar-refractivity contribution in [2.24, 2.45) is 10.7 Å². The summed E-state index contributed by atoms with van der Waals surface area (Å²) in [6.45, 7) is 8.93. The van der Waals surface area contributed by atoms with Crippen LogP contribution in [0.3, 0.4) is 0 Å². The van der Waals surface area contributed by atoms with Gasteiger partial charge in [0.1, 0.15) is 11.3 Å². The van der Waals surface area contributed by atoms with Crippen LogP contribution in [0.5, 0.6) is 0 Å². The summed E-state index contributed by atoms with van der Waals surface area (Å²) >= 11 is 1.41. The van der Waals surface area contributed by atoms with Crippen LogP contribution in [-0.4, -0.2) is 37.7 Å². The number of thioether (sulfide) groups is 1. The summed E-state index contributed by atoms with van der Waals surface area (Å²) in [5.41, 5.74) is 10.2. The molecule has 0 aliphatic rings. The third-order valence-corrected chi connectivity index (χ3v) is 5.26. The smallest absolute Gasteiger partial charge is 0.269 e. The van der Waals surface area contributed by atoms with E-state index in [1.54, 1.807) is 31.3 Å². The second-order valence-corrected chi connectivity index (χ2v) is 7.57. The summed E-state index contributed by atoms with van der Waals surface area (Å²) < 4.78 is 0. The van der Waals surface area contributed by atoms with Crippen LogP contribution in [0.4, 0.5) is 11.4 Å². The van der Waals surface area contributed by atoms with Crippen molar-refractivity contribution in [2.75, 3.05) is 23.6 Å². The molecule has 9 heteroatoms. The molecule has 2 aromatic rings. The first-order chi connectivity index (χ1) is 15.2. The minimum atomic E-state index is -0.594. The van der Waals surface area contributed by atoms with Gasteiger partial charge in [0, 0.05) is 30.9 Å². The zero-order chi connectivity index (χ0) is 24.1. The Morgan fingerprint density at radius 3 is 2.31 bits per heavy atom. The van der Waals surface area contributed by atoms with Gasteiger partial charge in [-0.2, -0.15) is 0 Å². The van der Waals surface area contributed by atoms with Gasteiger partial charge in [-0.05, 0) is 62.0 Å². The largest absolute Gasteiger partial charge is 0.381 e. The Morgan fingerprint density at radius 2 is 1.81 bits per heavy atom. The van der Waals surface area contributed by atoms with Gasteiger partial charge in [-0.25, -0.2) is 0 Å². The number of nitrogens with two attached hydrogens (primary N) is 1. The van der Waals surface area contributed by atoms with Gasteiger partial charge >= 0.3 is 0 Å². The number of anilines is 2. The predicted molar refractivity (Wildman–Crippen MR) is 133 cm³/mol. The average Bonchev–Trinajstić information content (AvgIpc) is 2.76. The number of carbonyl (C=O) groups excluding carboxylic acids is 3. The number of primary amides is 1. The highest BCUT2D eigenvalue weighted by atomic mass is 32.2. The molecule has 0 heterocycles. The number of nitrogens with one attached hydrogen (secondary N) is 3. The molecule has 0 spiro atoms. The molecule has 0 radical (unpaired) electrons. The van der Waals surface area contributed by atoms with Crippen LogP contribution in [0.25, 0.3) is 0 Å². The van der Waals surface area contributed by atoms with E-state index in [-0.39, 0.29) is 11.6 Å². The predicted octanol–water partition coefficient (Wildman–Crippen LogP) is 3.44. The van der Waals surface area contributed by atoms with Crippen LogP contribution in [0.2, 0.25) is 0 Å². The third-order valence-electron chi connectivity index (χ3n) is 4.28. The molecule has 0 fully saturated rings. The van der Waals surface area contributed by atoms with E-state index in [0.29, 0.717) is 22.2 Å². The Bertz CT molecular complexity index is 988. The van der Waals surface area contributed by atoms with Crippen LogP contribution in [0, 0.1) is 13.8 Å². The maximum absolute atomic E-state index is 11.2. The molecule has 0 atom stereocenters. The normalized spacial score (nSPS) is 10.6. The molecule has 0 aliphatic heterocycles. The average molecular weight is 456 g/mol. The number of hydrogen-bond donors (Lipinski definition) is 4. The van der Waals surface area contributed by atoms with E-state index in [9.17, 15) is 14.4 Å². The zero-order valence-corrected chi connectivity index (χ0v) is 19.5. The molecule has 0 aliphatic carbocycles. The Hall–Kier alpha value is -3.59. The lowest BCUT2D eigenvalue weighted by molar-refractivity contribution is -0.115. The molecule has 32 heavy (non-hydrogen) atoms. The Kier molecular flexibility index (Phi) is 11.3. The summed E-state index contributed by atoms with van der Waals surface area (Å²) in [6, 6.07) is 12.8. The molecule has 2 aromatic carbocycles. The van der Waals surface area contributed by atoms with Crippen molar-refractivity contribution in [3.63, 3.8) is 0 Å². The van der Waals surface area contributed by atoms with Crippen LogP contribution in [0.1, 0.15) is 28.4 Å². The number of aryl methyl sites for hydroxylation is 1. The number of aldehydes is 1. The molecular weight excluding hydrogens is 426 g/mol. The zero-order valence-electron chi connectivity index (χ0n) is 18.7. The Morgan fingerprint density at radius 1 is 1.16 bits per heavy atom. The fraction of sp³-hybridized carbons (Fsp3) is 0.217. The highest BCUT2D eigenvalue weighted by molar-refractivity contribution is 8.03. The standard InChI is InChI=1S/C14H20N4OS.C9H9NO2/c1-9-6-5-7-11(10(9)2)18-8-20-14(17-4)12(16-3)13(15)19;1-7(12)10-9-4-2-8(6-11)3-5-9/h5-7,17-18H,3,8H2,1-2,4H3,(H2,15,19);2-6H,1H3,(H,10,12)/b14-12-;. The highest BCUT2D eigenvalue weighted by Crippen LogP contribution is 2.22. The summed E-state index contributed by atoms with van der Waals surface area (Å²) in [6.07, 6.45) is 0.761. The SMILES string of the molecule is C=N/C(C(N)=O)=C(/NC)SCNc1cccc(C)c1C.CC(=O)Nc1ccc(C=O)cc1. The molecule has 8 nitrogen and oxygen atoms in total. The van der Waals surface area contributed by atoms with E-state index in [4.69, 9.17) is 5.73 Å². The number of carbonyl (C=O) groups is 3. The van der Waals surface area contributed by atoms with Crippen molar-refractivity contribution in [3.8, 4) is 0 Å². The van der Waals surface area contributed by atoms with E-state index in [1.165, 1.54) is 29.8 Å². The van der Waals surface area contributed by atoms with E-state index < -0.39 is 5.91 Å². The third kappa shape index (κ3) is 8.65. The van der Waals surface area contributed by atoms with E-state index in [2.05, 4.69) is 47.6 Å². The van der Waals surface area contributed by atoms with E-state index in [1.807, 2.05) is 12.1 Å². The van der Waals surface area contributed by atoms with Gasteiger partial charge in [0.25, 0.3) is 5.91 Å². The van der Waals surface area contributed by atoms with Gasteiger partial charge in [0.2, 0.25) is 5.91 Å². The molecule has 0 saturated heterocycles. The van der Waals surface area contributed by atoms with Crippen molar-refractivity contribution in [2.45, 2.75) is 20.8 Å². The van der Waals surface area contributed by atoms with Crippen LogP contribution in [-0.2, 0) is 9.59 Å². The van der Waals surface area contributed by atoms with Crippen LogP contribution < -0.4 is 21.7 Å². The lowest BCUT2D eigenvalue weighted by Crippen LogP contribution is -2.19. The lowest BCUT2D eigenvalue weighted by Gasteiger charge is -2.13. The van der Waals surface area contributed by atoms with Gasteiger partial charge in [-0.3, -0.25) is 19.4 Å². The van der Waals surface area contributed by atoms with E-state index in [0.717, 1.165) is 12.0 Å². The number of aliphatic imine (C=N–C) groups is 1. The van der Waals surface area contributed by atoms with Crippen LogP contribution >= 0.6 is 11.8 Å². The van der Waals surface area contributed by atoms with Crippen molar-refractivity contribution in [3.05, 3.63) is 69.9 Å². The summed E-state index contributed by atoms with van der Waals surface area (Å²) in [4.78, 5) is 35.7. The second kappa shape index (κ2) is 13.7. The van der Waals surface area contributed by atoms with Gasteiger partial charge in [0.15, 0.2) is 5.70 Å². The van der Waals surface area contributed by atoms with Gasteiger partial charge in [0.05, 0.1) is 5.88 Å². The maximum atomic E-state index is 11.2. The molecule has 0 bridgehead atoms. The first-order valence-electron chi connectivity index (χ1n) is 9.67. The van der Waals surface area contributed by atoms with Crippen LogP contribution in [0.15, 0.2) is 58.2 Å². The topological polar surface area (TPSA) is 126 Å². The second-order valence-electron chi connectivity index (χ2n) is 6.58. The fourth-order valence-corrected chi connectivity index (χ4v) is 3.32. The number of rotatable bonds is 9. The molecule has 2 amide bonds. The Labute approximate surface area is 192 Å². The highest BCUT2D eigenvalue weighted by Gasteiger charge is 2.10. The van der Waals surface area contributed by atoms with Crippen molar-refractivity contribution in [1.29, 1.82) is 0 Å². The molecule has 5 N–H and O–H groups in total. The van der Waals surface area contributed by atoms with E-state index >= 15 is 0 Å². The molecule has 2 rings (SSSR count). The van der Waals surface area contributed by atoms with Gasteiger partial charge in [-0.1, -0.05) is 23.9 Å². The molecule has 170 valence electrons. The first kappa shape index (κ1) is 26.4. The first-order valence-corrected chi connectivity index (χ1v) is 10.7. The monoisotopic (exact) mass is 455 g/mol. The van der Waals surface area contributed by atoms with Crippen molar-refractivity contribution >= 4 is 48.0 Å². The molecule has 0 unspecified atom stereocenters. The van der Waals surface area contributed by atoms with Crippen molar-refractivity contribution < 1.29 is 14.4 Å². The molecular formula is C23H29N5O3S. The minimum Gasteiger partial charge on any atom is -0.381 e. The molecule has 0 aromatic heterocycles. The number of amides is 2. The lowest BCUT2D eigenvalue weighted by atomic mass is 10.1. The molecule has 0 saturated carbocycles. The van der Waals surface area contributed by atoms with Crippen molar-refractivity contribution in [1.82, 2.24) is 5.32 Å². The fourth-order valence-electron chi connectivity index (χ4n) is 2.50. The van der Waals surface area contributed by atoms with Gasteiger partial charge in [-0.15, -0.1) is 0 Å². The number of hydrogen-bond acceptors (Lipinski definition) is 7.